The summed E-state index contributed by atoms with van der Waals surface area (Å²) in [6.45, 7) is 4.13. The van der Waals surface area contributed by atoms with E-state index in [1.807, 2.05) is 24.3 Å². The van der Waals surface area contributed by atoms with Crippen LogP contribution in [0.25, 0.3) is 10.6 Å². The van der Waals surface area contributed by atoms with Gasteiger partial charge in [-0.05, 0) is 31.6 Å². The van der Waals surface area contributed by atoms with Gasteiger partial charge in [0, 0.05) is 12.0 Å². The lowest BCUT2D eigenvalue weighted by molar-refractivity contribution is 0.669. The Morgan fingerprint density at radius 3 is 2.74 bits per heavy atom. The Balaban J connectivity index is 1.98. The lowest BCUT2D eigenvalue weighted by Crippen LogP contribution is -2.14. The molecular weight excluding hydrogens is 256 g/mol. The highest BCUT2D eigenvalue weighted by atomic mass is 32.1. The Hall–Kier alpha value is -1.77. The molecule has 0 saturated heterocycles. The van der Waals surface area contributed by atoms with Crippen LogP contribution in [0, 0.1) is 11.3 Å². The van der Waals surface area contributed by atoms with E-state index in [2.05, 4.69) is 28.5 Å². The standard InChI is InChI=1S/C14H16N4S/c1-2-16-9-3-4-13-17-18-14(19-13)12-7-5-11(10-15)6-8-12/h5-8,16H,2-4,9H2,1H3. The molecule has 0 saturated carbocycles. The number of aryl methyl sites for hydroxylation is 1. The topological polar surface area (TPSA) is 61.6 Å². The molecule has 19 heavy (non-hydrogen) atoms. The molecule has 0 fully saturated rings. The fourth-order valence-electron chi connectivity index (χ4n) is 1.70. The summed E-state index contributed by atoms with van der Waals surface area (Å²) in [4.78, 5) is 0. The Bertz CT molecular complexity index is 554. The summed E-state index contributed by atoms with van der Waals surface area (Å²) in [5, 5.41) is 22.5. The van der Waals surface area contributed by atoms with Crippen molar-refractivity contribution in [2.45, 2.75) is 19.8 Å². The first kappa shape index (κ1) is 13.7. The van der Waals surface area contributed by atoms with E-state index in [9.17, 15) is 0 Å². The van der Waals surface area contributed by atoms with Gasteiger partial charge >= 0.3 is 0 Å². The molecule has 2 rings (SSSR count). The highest BCUT2D eigenvalue weighted by Crippen LogP contribution is 2.24. The maximum absolute atomic E-state index is 8.76. The van der Waals surface area contributed by atoms with Crippen molar-refractivity contribution in [2.24, 2.45) is 0 Å². The Morgan fingerprint density at radius 1 is 1.26 bits per heavy atom. The van der Waals surface area contributed by atoms with Gasteiger partial charge in [0.2, 0.25) is 0 Å². The lowest BCUT2D eigenvalue weighted by Gasteiger charge is -1.97. The third kappa shape index (κ3) is 3.85. The van der Waals surface area contributed by atoms with Crippen molar-refractivity contribution in [3.05, 3.63) is 34.8 Å². The van der Waals surface area contributed by atoms with Gasteiger partial charge in [0.05, 0.1) is 11.6 Å². The molecule has 1 heterocycles. The minimum atomic E-state index is 0.666. The summed E-state index contributed by atoms with van der Waals surface area (Å²) in [6, 6.07) is 9.56. The number of rotatable bonds is 6. The van der Waals surface area contributed by atoms with E-state index in [1.165, 1.54) is 0 Å². The molecule has 5 heteroatoms. The zero-order valence-electron chi connectivity index (χ0n) is 10.9. The molecule has 0 atom stereocenters. The summed E-state index contributed by atoms with van der Waals surface area (Å²) in [6.07, 6.45) is 2.04. The predicted octanol–water partition coefficient (Wildman–Crippen LogP) is 2.62. The summed E-state index contributed by atoms with van der Waals surface area (Å²) < 4.78 is 0. The molecule has 0 spiro atoms. The highest BCUT2D eigenvalue weighted by molar-refractivity contribution is 7.14. The van der Waals surface area contributed by atoms with Crippen LogP contribution in [0.5, 0.6) is 0 Å². The molecule has 0 aliphatic rings. The maximum atomic E-state index is 8.76. The number of hydrogen-bond donors (Lipinski definition) is 1. The number of benzene rings is 1. The first-order valence-electron chi connectivity index (χ1n) is 6.37. The molecule has 1 aromatic heterocycles. The van der Waals surface area contributed by atoms with E-state index in [1.54, 1.807) is 11.3 Å². The second-order valence-electron chi connectivity index (χ2n) is 4.15. The van der Waals surface area contributed by atoms with Crippen LogP contribution in [0.3, 0.4) is 0 Å². The number of nitrogens with zero attached hydrogens (tertiary/aromatic N) is 3. The summed E-state index contributed by atoms with van der Waals surface area (Å²) in [5.74, 6) is 0. The lowest BCUT2D eigenvalue weighted by atomic mass is 10.2. The average molecular weight is 272 g/mol. The van der Waals surface area contributed by atoms with E-state index in [0.717, 1.165) is 41.5 Å². The number of nitriles is 1. The zero-order chi connectivity index (χ0) is 13.5. The molecule has 2 aromatic rings. The van der Waals surface area contributed by atoms with Crippen molar-refractivity contribution in [3.63, 3.8) is 0 Å². The smallest absolute Gasteiger partial charge is 0.147 e. The molecule has 0 radical (unpaired) electrons. The molecule has 0 unspecified atom stereocenters. The van der Waals surface area contributed by atoms with Crippen molar-refractivity contribution < 1.29 is 0 Å². The van der Waals surface area contributed by atoms with Crippen molar-refractivity contribution in [2.75, 3.05) is 13.1 Å². The third-order valence-electron chi connectivity index (χ3n) is 2.72. The van der Waals surface area contributed by atoms with Gasteiger partial charge in [0.1, 0.15) is 10.0 Å². The van der Waals surface area contributed by atoms with Crippen molar-refractivity contribution >= 4 is 11.3 Å². The Labute approximate surface area is 117 Å². The van der Waals surface area contributed by atoms with Gasteiger partial charge < -0.3 is 5.32 Å². The monoisotopic (exact) mass is 272 g/mol. The molecule has 1 N–H and O–H groups in total. The fraction of sp³-hybridized carbons (Fsp3) is 0.357. The highest BCUT2D eigenvalue weighted by Gasteiger charge is 2.06. The maximum Gasteiger partial charge on any atom is 0.147 e. The van der Waals surface area contributed by atoms with Crippen LogP contribution < -0.4 is 5.32 Å². The zero-order valence-corrected chi connectivity index (χ0v) is 11.7. The minimum Gasteiger partial charge on any atom is -0.317 e. The Morgan fingerprint density at radius 2 is 2.05 bits per heavy atom. The summed E-state index contributed by atoms with van der Waals surface area (Å²) in [5.41, 5.74) is 1.69. The average Bonchev–Trinajstić information content (AvgIpc) is 2.92. The van der Waals surface area contributed by atoms with Gasteiger partial charge in [0.15, 0.2) is 0 Å². The molecule has 0 aliphatic heterocycles. The van der Waals surface area contributed by atoms with Gasteiger partial charge in [0.25, 0.3) is 0 Å². The quantitative estimate of drug-likeness (QED) is 0.821. The first-order chi connectivity index (χ1) is 9.33. The SMILES string of the molecule is CCNCCCc1nnc(-c2ccc(C#N)cc2)s1. The molecule has 0 amide bonds. The molecule has 1 aromatic carbocycles. The molecule has 0 aliphatic carbocycles. The van der Waals surface area contributed by atoms with Crippen LogP contribution in [0.15, 0.2) is 24.3 Å². The van der Waals surface area contributed by atoms with Gasteiger partial charge in [-0.1, -0.05) is 30.4 Å². The fourth-order valence-corrected chi connectivity index (χ4v) is 2.59. The summed E-state index contributed by atoms with van der Waals surface area (Å²) in [7, 11) is 0. The number of aromatic nitrogens is 2. The second kappa shape index (κ2) is 6.98. The minimum absolute atomic E-state index is 0.666. The van der Waals surface area contributed by atoms with Crippen LogP contribution in [0.1, 0.15) is 23.9 Å². The van der Waals surface area contributed by atoms with Gasteiger partial charge in [-0.25, -0.2) is 0 Å². The van der Waals surface area contributed by atoms with Crippen LogP contribution in [0.4, 0.5) is 0 Å². The third-order valence-corrected chi connectivity index (χ3v) is 3.75. The Kier molecular flexibility index (Phi) is 5.01. The van der Waals surface area contributed by atoms with Gasteiger partial charge in [-0.3, -0.25) is 0 Å². The molecular formula is C14H16N4S. The number of hydrogen-bond acceptors (Lipinski definition) is 5. The van der Waals surface area contributed by atoms with E-state index < -0.39 is 0 Å². The van der Waals surface area contributed by atoms with Crippen LogP contribution >= 0.6 is 11.3 Å². The first-order valence-corrected chi connectivity index (χ1v) is 7.18. The van der Waals surface area contributed by atoms with E-state index in [-0.39, 0.29) is 0 Å². The van der Waals surface area contributed by atoms with Crippen LogP contribution in [-0.4, -0.2) is 23.3 Å². The van der Waals surface area contributed by atoms with Crippen LogP contribution in [0.2, 0.25) is 0 Å². The van der Waals surface area contributed by atoms with Crippen molar-refractivity contribution in [3.8, 4) is 16.6 Å². The second-order valence-corrected chi connectivity index (χ2v) is 5.21. The van der Waals surface area contributed by atoms with E-state index in [0.29, 0.717) is 5.56 Å². The van der Waals surface area contributed by atoms with E-state index in [4.69, 9.17) is 5.26 Å². The number of nitrogens with one attached hydrogen (secondary N) is 1. The van der Waals surface area contributed by atoms with Crippen molar-refractivity contribution in [1.29, 1.82) is 5.26 Å². The molecule has 0 bridgehead atoms. The van der Waals surface area contributed by atoms with E-state index >= 15 is 0 Å². The van der Waals surface area contributed by atoms with Gasteiger partial charge in [-0.2, -0.15) is 5.26 Å². The molecule has 98 valence electrons. The predicted molar refractivity (Wildman–Crippen MR) is 76.9 cm³/mol. The van der Waals surface area contributed by atoms with Gasteiger partial charge in [-0.15, -0.1) is 10.2 Å². The summed E-state index contributed by atoms with van der Waals surface area (Å²) >= 11 is 1.62. The largest absolute Gasteiger partial charge is 0.317 e. The molecule has 4 nitrogen and oxygen atoms in total. The van der Waals surface area contributed by atoms with Crippen LogP contribution in [-0.2, 0) is 6.42 Å². The van der Waals surface area contributed by atoms with Crippen molar-refractivity contribution in [1.82, 2.24) is 15.5 Å². The normalized spacial score (nSPS) is 10.3.